The second-order valence-corrected chi connectivity index (χ2v) is 5.12. The summed E-state index contributed by atoms with van der Waals surface area (Å²) < 4.78 is 5.03. The third kappa shape index (κ3) is 3.18. The fourth-order valence-corrected chi connectivity index (χ4v) is 2.45. The van der Waals surface area contributed by atoms with Gasteiger partial charge in [-0.25, -0.2) is 4.79 Å². The van der Waals surface area contributed by atoms with Gasteiger partial charge in [0.25, 0.3) is 0 Å². The molecule has 0 radical (unpaired) electrons. The summed E-state index contributed by atoms with van der Waals surface area (Å²) in [4.78, 5) is 21.7. The lowest BCUT2D eigenvalue weighted by Crippen LogP contribution is -1.99. The van der Waals surface area contributed by atoms with E-state index in [1.54, 1.807) is 19.1 Å². The molecule has 0 saturated heterocycles. The number of rotatable bonds is 5. The molecule has 0 aliphatic carbocycles. The van der Waals surface area contributed by atoms with Crippen molar-refractivity contribution < 1.29 is 19.2 Å². The Kier molecular flexibility index (Phi) is 4.09. The second-order valence-electron chi connectivity index (χ2n) is 4.07. The molecule has 20 heavy (non-hydrogen) atoms. The first-order valence-electron chi connectivity index (χ1n) is 5.67. The Labute approximate surface area is 118 Å². The molecule has 0 atom stereocenters. The van der Waals surface area contributed by atoms with Gasteiger partial charge in [-0.05, 0) is 30.7 Å². The molecule has 104 valence electrons. The van der Waals surface area contributed by atoms with Crippen LogP contribution in [-0.2, 0) is 5.75 Å². The maximum atomic E-state index is 11.0. The van der Waals surface area contributed by atoms with Gasteiger partial charge in [-0.2, -0.15) is 0 Å². The van der Waals surface area contributed by atoms with E-state index in [2.05, 4.69) is 0 Å². The van der Waals surface area contributed by atoms with Gasteiger partial charge in [0.05, 0.1) is 17.4 Å². The number of aromatic carboxylic acids is 1. The van der Waals surface area contributed by atoms with E-state index >= 15 is 0 Å². The molecule has 1 aromatic carbocycles. The van der Waals surface area contributed by atoms with Gasteiger partial charge in [-0.15, -0.1) is 11.8 Å². The topological polar surface area (TPSA) is 93.6 Å². The van der Waals surface area contributed by atoms with Crippen LogP contribution in [0.1, 0.15) is 21.7 Å². The van der Waals surface area contributed by atoms with Gasteiger partial charge in [0.15, 0.2) is 0 Å². The summed E-state index contributed by atoms with van der Waals surface area (Å²) in [6.07, 6.45) is 0. The van der Waals surface area contributed by atoms with E-state index < -0.39 is 10.9 Å². The number of benzene rings is 1. The Balaban J connectivity index is 2.08. The first-order chi connectivity index (χ1) is 9.47. The van der Waals surface area contributed by atoms with Crippen LogP contribution < -0.4 is 0 Å². The molecule has 0 amide bonds. The number of hydrogen-bond donors (Lipinski definition) is 1. The molecule has 1 aromatic heterocycles. The number of carbonyl (C=O) groups is 1. The number of aryl methyl sites for hydroxylation is 1. The van der Waals surface area contributed by atoms with Gasteiger partial charge in [0, 0.05) is 4.90 Å². The number of nitrogens with zero attached hydrogens (tertiary/aromatic N) is 1. The van der Waals surface area contributed by atoms with Crippen molar-refractivity contribution in [3.63, 3.8) is 0 Å². The molecule has 1 heterocycles. The lowest BCUT2D eigenvalue weighted by atomic mass is 10.1. The Hall–Kier alpha value is -2.28. The molecule has 0 fully saturated rings. The average Bonchev–Trinajstić information content (AvgIpc) is 2.86. The van der Waals surface area contributed by atoms with Crippen LogP contribution >= 0.6 is 11.8 Å². The fraction of sp³-hybridized carbons (Fsp3) is 0.154. The van der Waals surface area contributed by atoms with Crippen molar-refractivity contribution in [3.05, 3.63) is 57.3 Å². The molecule has 0 bridgehead atoms. The van der Waals surface area contributed by atoms with E-state index in [4.69, 9.17) is 9.52 Å². The van der Waals surface area contributed by atoms with E-state index in [1.807, 2.05) is 6.07 Å². The molecule has 0 unspecified atom stereocenters. The number of thioether (sulfide) groups is 1. The van der Waals surface area contributed by atoms with Gasteiger partial charge in [0.2, 0.25) is 0 Å². The van der Waals surface area contributed by atoms with Crippen LogP contribution in [0.3, 0.4) is 0 Å². The van der Waals surface area contributed by atoms with Crippen LogP contribution in [0.4, 0.5) is 5.88 Å². The highest BCUT2D eigenvalue weighted by Crippen LogP contribution is 2.27. The van der Waals surface area contributed by atoms with E-state index in [9.17, 15) is 14.9 Å². The van der Waals surface area contributed by atoms with Gasteiger partial charge in [0.1, 0.15) is 10.7 Å². The molecular weight excluding hydrogens is 282 g/mol. The Morgan fingerprint density at radius 1 is 1.40 bits per heavy atom. The van der Waals surface area contributed by atoms with Crippen LogP contribution in [0, 0.1) is 17.0 Å². The smallest absolute Gasteiger partial charge is 0.433 e. The molecule has 0 aliphatic heterocycles. The maximum Gasteiger partial charge on any atom is 0.433 e. The quantitative estimate of drug-likeness (QED) is 0.515. The van der Waals surface area contributed by atoms with Gasteiger partial charge in [-0.3, -0.25) is 10.1 Å². The highest BCUT2D eigenvalue weighted by atomic mass is 32.2. The molecule has 0 spiro atoms. The third-order valence-electron chi connectivity index (χ3n) is 2.65. The summed E-state index contributed by atoms with van der Waals surface area (Å²) in [6, 6.07) is 7.96. The van der Waals surface area contributed by atoms with Crippen molar-refractivity contribution in [2.45, 2.75) is 17.6 Å². The highest BCUT2D eigenvalue weighted by molar-refractivity contribution is 7.98. The Morgan fingerprint density at radius 3 is 2.75 bits per heavy atom. The number of carboxylic acid groups (broad SMARTS) is 1. The van der Waals surface area contributed by atoms with Gasteiger partial charge in [-0.1, -0.05) is 6.07 Å². The maximum absolute atomic E-state index is 11.0. The number of hydrogen-bond acceptors (Lipinski definition) is 5. The minimum absolute atomic E-state index is 0.250. The lowest BCUT2D eigenvalue weighted by Gasteiger charge is -2.04. The molecule has 0 aliphatic rings. The largest absolute Gasteiger partial charge is 0.478 e. The molecule has 1 N–H and O–H groups in total. The summed E-state index contributed by atoms with van der Waals surface area (Å²) in [5, 5.41) is 19.5. The van der Waals surface area contributed by atoms with Gasteiger partial charge >= 0.3 is 11.9 Å². The molecule has 7 heteroatoms. The third-order valence-corrected chi connectivity index (χ3v) is 3.66. The number of carboxylic acids is 1. The van der Waals surface area contributed by atoms with Crippen LogP contribution in [0.2, 0.25) is 0 Å². The zero-order chi connectivity index (χ0) is 14.7. The first-order valence-corrected chi connectivity index (χ1v) is 6.66. The molecular formula is C13H11NO5S. The molecule has 0 saturated carbocycles. The highest BCUT2D eigenvalue weighted by Gasteiger charge is 2.13. The van der Waals surface area contributed by atoms with Crippen molar-refractivity contribution >= 4 is 23.6 Å². The lowest BCUT2D eigenvalue weighted by molar-refractivity contribution is -0.402. The van der Waals surface area contributed by atoms with E-state index in [1.165, 1.54) is 23.9 Å². The Bertz CT molecular complexity index is 665. The predicted molar refractivity (Wildman–Crippen MR) is 73.1 cm³/mol. The summed E-state index contributed by atoms with van der Waals surface area (Å²) in [6.45, 7) is 1.73. The zero-order valence-corrected chi connectivity index (χ0v) is 11.3. The van der Waals surface area contributed by atoms with E-state index in [-0.39, 0.29) is 11.4 Å². The molecule has 2 rings (SSSR count). The SMILES string of the molecule is Cc1ccc(SCc2ccc([N+](=O)[O-])o2)cc1C(=O)O. The van der Waals surface area contributed by atoms with Crippen molar-refractivity contribution in [2.24, 2.45) is 0 Å². The zero-order valence-electron chi connectivity index (χ0n) is 10.5. The average molecular weight is 293 g/mol. The number of nitro groups is 1. The van der Waals surface area contributed by atoms with Gasteiger partial charge < -0.3 is 9.52 Å². The molecule has 6 nitrogen and oxygen atoms in total. The van der Waals surface area contributed by atoms with Crippen molar-refractivity contribution in [3.8, 4) is 0 Å². The van der Waals surface area contributed by atoms with Crippen LogP contribution in [-0.4, -0.2) is 16.0 Å². The second kappa shape index (κ2) is 5.79. The Morgan fingerprint density at radius 2 is 2.15 bits per heavy atom. The van der Waals surface area contributed by atoms with Crippen LogP contribution in [0.5, 0.6) is 0 Å². The van der Waals surface area contributed by atoms with Crippen LogP contribution in [0.25, 0.3) is 0 Å². The number of furan rings is 1. The van der Waals surface area contributed by atoms with E-state index in [0.717, 1.165) is 4.90 Å². The summed E-state index contributed by atoms with van der Waals surface area (Å²) in [5.74, 6) is -0.399. The summed E-state index contributed by atoms with van der Waals surface area (Å²) >= 11 is 1.36. The fourth-order valence-electron chi connectivity index (χ4n) is 1.62. The monoisotopic (exact) mass is 293 g/mol. The standard InChI is InChI=1S/C13H11NO5S/c1-8-2-4-10(6-11(8)13(15)16)20-7-9-3-5-12(19-9)14(17)18/h2-6H,7H2,1H3,(H,15,16). The molecule has 2 aromatic rings. The van der Waals surface area contributed by atoms with Crippen molar-refractivity contribution in [2.75, 3.05) is 0 Å². The first kappa shape index (κ1) is 14.1. The summed E-state index contributed by atoms with van der Waals surface area (Å²) in [5.41, 5.74) is 0.941. The minimum Gasteiger partial charge on any atom is -0.478 e. The summed E-state index contributed by atoms with van der Waals surface area (Å²) in [7, 11) is 0. The van der Waals surface area contributed by atoms with Crippen molar-refractivity contribution in [1.29, 1.82) is 0 Å². The van der Waals surface area contributed by atoms with Crippen molar-refractivity contribution in [1.82, 2.24) is 0 Å². The van der Waals surface area contributed by atoms with Crippen LogP contribution in [0.15, 0.2) is 39.6 Å². The predicted octanol–water partition coefficient (Wildman–Crippen LogP) is 3.49. The minimum atomic E-state index is -0.974. The normalized spacial score (nSPS) is 10.4. The van der Waals surface area contributed by atoms with E-state index in [0.29, 0.717) is 17.1 Å².